The lowest BCUT2D eigenvalue weighted by Crippen LogP contribution is -2.28. The number of ether oxygens (including phenoxy) is 1. The van der Waals surface area contributed by atoms with Crippen LogP contribution < -0.4 is 5.32 Å². The maximum atomic E-state index is 12.0. The van der Waals surface area contributed by atoms with Crippen molar-refractivity contribution >= 4 is 23.3 Å². The van der Waals surface area contributed by atoms with Gasteiger partial charge in [-0.1, -0.05) is 0 Å². The van der Waals surface area contributed by atoms with Crippen LogP contribution in [0, 0.1) is 16.0 Å². The van der Waals surface area contributed by atoms with Gasteiger partial charge >= 0.3 is 5.97 Å². The first kappa shape index (κ1) is 16.2. The largest absolute Gasteiger partial charge is 0.465 e. The number of anilines is 1. The summed E-state index contributed by atoms with van der Waals surface area (Å²) in [5.74, 6) is -0.287. The van der Waals surface area contributed by atoms with E-state index in [1.807, 2.05) is 4.90 Å². The van der Waals surface area contributed by atoms with Gasteiger partial charge in [0.1, 0.15) is 5.69 Å². The van der Waals surface area contributed by atoms with Gasteiger partial charge in [0, 0.05) is 37.5 Å². The summed E-state index contributed by atoms with van der Waals surface area (Å²) >= 11 is 0. The summed E-state index contributed by atoms with van der Waals surface area (Å²) < 4.78 is 4.64. The lowest BCUT2D eigenvalue weighted by Gasteiger charge is -2.16. The van der Waals surface area contributed by atoms with Gasteiger partial charge in [0.15, 0.2) is 0 Å². The molecule has 3 rings (SSSR count). The molecule has 1 saturated carbocycles. The second kappa shape index (κ2) is 6.46. The van der Waals surface area contributed by atoms with Gasteiger partial charge in [0.2, 0.25) is 5.91 Å². The summed E-state index contributed by atoms with van der Waals surface area (Å²) in [6.07, 6.45) is 2.59. The van der Waals surface area contributed by atoms with Gasteiger partial charge < -0.3 is 15.0 Å². The number of amides is 1. The first-order valence-electron chi connectivity index (χ1n) is 7.89. The van der Waals surface area contributed by atoms with Crippen LogP contribution in [0.4, 0.5) is 11.4 Å². The van der Waals surface area contributed by atoms with Crippen molar-refractivity contribution in [2.75, 3.05) is 25.5 Å². The molecular weight excluding hydrogens is 314 g/mol. The molecule has 128 valence electrons. The smallest absolute Gasteiger partial charge is 0.337 e. The van der Waals surface area contributed by atoms with Crippen molar-refractivity contribution in [2.45, 2.75) is 25.3 Å². The maximum absolute atomic E-state index is 12.0. The van der Waals surface area contributed by atoms with Crippen LogP contribution in [0.25, 0.3) is 0 Å². The molecule has 2 fully saturated rings. The van der Waals surface area contributed by atoms with Gasteiger partial charge in [-0.15, -0.1) is 0 Å². The molecule has 0 bridgehead atoms. The molecule has 1 heterocycles. The fourth-order valence-corrected chi connectivity index (χ4v) is 3.02. The number of rotatable bonds is 6. The molecule has 0 spiro atoms. The molecule has 8 nitrogen and oxygen atoms in total. The SMILES string of the molecule is COC(=O)c1ccc([N+](=O)[O-])c(NCC2CC(=O)N(C3CC3)C2)c1. The van der Waals surface area contributed by atoms with Crippen LogP contribution >= 0.6 is 0 Å². The normalized spacial score (nSPS) is 20.1. The zero-order valence-electron chi connectivity index (χ0n) is 13.4. The average molecular weight is 333 g/mol. The zero-order chi connectivity index (χ0) is 17.3. The number of hydrogen-bond acceptors (Lipinski definition) is 6. The van der Waals surface area contributed by atoms with Crippen LogP contribution in [0.2, 0.25) is 0 Å². The summed E-state index contributed by atoms with van der Waals surface area (Å²) in [4.78, 5) is 36.1. The summed E-state index contributed by atoms with van der Waals surface area (Å²) in [6, 6.07) is 4.45. The number of carbonyl (C=O) groups is 2. The van der Waals surface area contributed by atoms with E-state index in [1.54, 1.807) is 0 Å². The number of hydrogen-bond donors (Lipinski definition) is 1. The Balaban J connectivity index is 1.70. The number of nitro groups is 1. The number of carbonyl (C=O) groups excluding carboxylic acids is 2. The van der Waals surface area contributed by atoms with Gasteiger partial charge in [0.25, 0.3) is 5.69 Å². The zero-order valence-corrected chi connectivity index (χ0v) is 13.4. The second-order valence-electron chi connectivity index (χ2n) is 6.21. The molecule has 1 atom stereocenters. The first-order chi connectivity index (χ1) is 11.5. The predicted octanol–water partition coefficient (Wildman–Crippen LogP) is 1.80. The monoisotopic (exact) mass is 333 g/mol. The standard InChI is InChI=1S/C16H19N3O5/c1-24-16(21)11-2-5-14(19(22)23)13(7-11)17-8-10-6-15(20)18(9-10)12-3-4-12/h2,5,7,10,12,17H,3-4,6,8-9H2,1H3. The van der Waals surface area contributed by atoms with Gasteiger partial charge in [-0.3, -0.25) is 14.9 Å². The number of likely N-dealkylation sites (tertiary alicyclic amines) is 1. The van der Waals surface area contributed by atoms with Gasteiger partial charge in [-0.2, -0.15) is 0 Å². The number of esters is 1. The molecule has 1 saturated heterocycles. The quantitative estimate of drug-likeness (QED) is 0.484. The van der Waals surface area contributed by atoms with E-state index >= 15 is 0 Å². The molecule has 8 heteroatoms. The van der Waals surface area contributed by atoms with Crippen molar-refractivity contribution in [3.05, 3.63) is 33.9 Å². The molecule has 0 aromatic heterocycles. The van der Waals surface area contributed by atoms with E-state index in [4.69, 9.17) is 0 Å². The molecular formula is C16H19N3O5. The fraction of sp³-hybridized carbons (Fsp3) is 0.500. The number of nitro benzene ring substituents is 1. The van der Waals surface area contributed by atoms with E-state index < -0.39 is 10.9 Å². The predicted molar refractivity (Wildman–Crippen MR) is 85.8 cm³/mol. The Hall–Kier alpha value is -2.64. The van der Waals surface area contributed by atoms with Crippen molar-refractivity contribution in [1.82, 2.24) is 4.90 Å². The highest BCUT2D eigenvalue weighted by Crippen LogP contribution is 2.33. The highest BCUT2D eigenvalue weighted by Gasteiger charge is 2.39. The molecule has 1 aromatic rings. The topological polar surface area (TPSA) is 102 Å². The molecule has 2 aliphatic rings. The van der Waals surface area contributed by atoms with E-state index in [0.717, 1.165) is 12.8 Å². The van der Waals surface area contributed by atoms with Crippen molar-refractivity contribution in [3.63, 3.8) is 0 Å². The molecule has 1 aliphatic carbocycles. The van der Waals surface area contributed by atoms with Crippen LogP contribution in [0.5, 0.6) is 0 Å². The maximum Gasteiger partial charge on any atom is 0.337 e. The Morgan fingerprint density at radius 3 is 2.83 bits per heavy atom. The average Bonchev–Trinajstić information content (AvgIpc) is 3.34. The van der Waals surface area contributed by atoms with Crippen molar-refractivity contribution < 1.29 is 19.2 Å². The summed E-state index contributed by atoms with van der Waals surface area (Å²) in [6.45, 7) is 1.13. The minimum absolute atomic E-state index is 0.106. The van der Waals surface area contributed by atoms with E-state index in [9.17, 15) is 19.7 Å². The molecule has 1 aromatic carbocycles. The highest BCUT2D eigenvalue weighted by molar-refractivity contribution is 5.91. The molecule has 1 aliphatic heterocycles. The van der Waals surface area contributed by atoms with E-state index in [0.29, 0.717) is 25.6 Å². The van der Waals surface area contributed by atoms with Crippen molar-refractivity contribution in [3.8, 4) is 0 Å². The minimum atomic E-state index is -0.552. The lowest BCUT2D eigenvalue weighted by atomic mass is 10.1. The van der Waals surface area contributed by atoms with Crippen LogP contribution in [-0.4, -0.2) is 47.9 Å². The third-order valence-electron chi connectivity index (χ3n) is 4.42. The minimum Gasteiger partial charge on any atom is -0.465 e. The third kappa shape index (κ3) is 3.32. The summed E-state index contributed by atoms with van der Waals surface area (Å²) in [7, 11) is 1.26. The Morgan fingerprint density at radius 2 is 2.21 bits per heavy atom. The first-order valence-corrected chi connectivity index (χ1v) is 7.89. The summed E-state index contributed by atoms with van der Waals surface area (Å²) in [5, 5.41) is 14.2. The molecule has 1 amide bonds. The Morgan fingerprint density at radius 1 is 1.46 bits per heavy atom. The fourth-order valence-electron chi connectivity index (χ4n) is 3.02. The third-order valence-corrected chi connectivity index (χ3v) is 4.42. The van der Waals surface area contributed by atoms with Gasteiger partial charge in [-0.05, 0) is 25.0 Å². The second-order valence-corrected chi connectivity index (χ2v) is 6.21. The van der Waals surface area contributed by atoms with E-state index in [1.165, 1.54) is 25.3 Å². The van der Waals surface area contributed by atoms with Crippen molar-refractivity contribution in [1.29, 1.82) is 0 Å². The Labute approximate surface area is 138 Å². The molecule has 1 N–H and O–H groups in total. The van der Waals surface area contributed by atoms with Crippen LogP contribution in [0.1, 0.15) is 29.6 Å². The number of methoxy groups -OCH3 is 1. The molecule has 24 heavy (non-hydrogen) atoms. The highest BCUT2D eigenvalue weighted by atomic mass is 16.6. The van der Waals surface area contributed by atoms with Crippen LogP contribution in [-0.2, 0) is 9.53 Å². The Kier molecular flexibility index (Phi) is 4.37. The van der Waals surface area contributed by atoms with Gasteiger partial charge in [-0.25, -0.2) is 4.79 Å². The Bertz CT molecular complexity index is 686. The molecule has 0 radical (unpaired) electrons. The van der Waals surface area contributed by atoms with Crippen LogP contribution in [0.15, 0.2) is 18.2 Å². The number of nitrogens with one attached hydrogen (secondary N) is 1. The van der Waals surface area contributed by atoms with Gasteiger partial charge in [0.05, 0.1) is 17.6 Å². The number of nitrogens with zero attached hydrogens (tertiary/aromatic N) is 2. The summed E-state index contributed by atoms with van der Waals surface area (Å²) in [5.41, 5.74) is 0.402. The van der Waals surface area contributed by atoms with E-state index in [2.05, 4.69) is 10.1 Å². The van der Waals surface area contributed by atoms with Crippen LogP contribution in [0.3, 0.4) is 0 Å². The molecule has 1 unspecified atom stereocenters. The lowest BCUT2D eigenvalue weighted by molar-refractivity contribution is -0.384. The van der Waals surface area contributed by atoms with E-state index in [-0.39, 0.29) is 28.8 Å². The number of benzene rings is 1. The van der Waals surface area contributed by atoms with Crippen molar-refractivity contribution in [2.24, 2.45) is 5.92 Å².